The van der Waals surface area contributed by atoms with Gasteiger partial charge in [-0.3, -0.25) is 4.79 Å². The van der Waals surface area contributed by atoms with Crippen LogP contribution in [0, 0.1) is 0 Å². The second kappa shape index (κ2) is 7.60. The SMILES string of the molecule is CN(Cc1ccccc1)C(=O)[C@@H](N)CCc1ccccc1. The van der Waals surface area contributed by atoms with Crippen LogP contribution in [0.4, 0.5) is 0 Å². The molecule has 21 heavy (non-hydrogen) atoms. The van der Waals surface area contributed by atoms with Gasteiger partial charge in [-0.25, -0.2) is 0 Å². The van der Waals surface area contributed by atoms with Crippen LogP contribution in [-0.4, -0.2) is 23.9 Å². The van der Waals surface area contributed by atoms with Crippen molar-refractivity contribution in [3.8, 4) is 0 Å². The minimum absolute atomic E-state index is 0.00483. The predicted octanol–water partition coefficient (Wildman–Crippen LogP) is 2.61. The van der Waals surface area contributed by atoms with E-state index in [2.05, 4.69) is 12.1 Å². The molecule has 0 saturated heterocycles. The highest BCUT2D eigenvalue weighted by atomic mass is 16.2. The zero-order valence-corrected chi connectivity index (χ0v) is 12.4. The van der Waals surface area contributed by atoms with E-state index in [-0.39, 0.29) is 5.91 Å². The summed E-state index contributed by atoms with van der Waals surface area (Å²) in [7, 11) is 1.80. The molecule has 0 heterocycles. The largest absolute Gasteiger partial charge is 0.340 e. The monoisotopic (exact) mass is 282 g/mol. The average molecular weight is 282 g/mol. The number of aryl methyl sites for hydroxylation is 1. The standard InChI is InChI=1S/C18H22N2O/c1-20(14-16-10-6-3-7-11-16)18(21)17(19)13-12-15-8-4-2-5-9-15/h2-11,17H,12-14,19H2,1H3/t17-/m0/s1. The molecule has 3 heteroatoms. The minimum atomic E-state index is -0.445. The molecule has 0 aliphatic rings. The molecule has 0 saturated carbocycles. The van der Waals surface area contributed by atoms with Gasteiger partial charge >= 0.3 is 0 Å². The van der Waals surface area contributed by atoms with E-state index in [0.29, 0.717) is 13.0 Å². The highest BCUT2D eigenvalue weighted by Gasteiger charge is 2.17. The average Bonchev–Trinajstić information content (AvgIpc) is 2.53. The second-order valence-electron chi connectivity index (χ2n) is 5.31. The molecule has 0 aromatic heterocycles. The van der Waals surface area contributed by atoms with E-state index >= 15 is 0 Å². The Morgan fingerprint density at radius 3 is 2.10 bits per heavy atom. The molecule has 1 amide bonds. The van der Waals surface area contributed by atoms with E-state index in [1.807, 2.05) is 48.5 Å². The summed E-state index contributed by atoms with van der Waals surface area (Å²) in [5.74, 6) is -0.00483. The summed E-state index contributed by atoms with van der Waals surface area (Å²) < 4.78 is 0. The van der Waals surface area contributed by atoms with E-state index < -0.39 is 6.04 Å². The number of carbonyl (C=O) groups is 1. The molecule has 2 aromatic carbocycles. The molecule has 110 valence electrons. The van der Waals surface area contributed by atoms with Crippen LogP contribution in [0.15, 0.2) is 60.7 Å². The lowest BCUT2D eigenvalue weighted by Crippen LogP contribution is -2.41. The van der Waals surface area contributed by atoms with Gasteiger partial charge in [0, 0.05) is 13.6 Å². The van der Waals surface area contributed by atoms with Gasteiger partial charge in [0.1, 0.15) is 0 Å². The lowest BCUT2D eigenvalue weighted by molar-refractivity contribution is -0.131. The predicted molar refractivity (Wildman–Crippen MR) is 85.7 cm³/mol. The summed E-state index contributed by atoms with van der Waals surface area (Å²) >= 11 is 0. The Kier molecular flexibility index (Phi) is 5.52. The first-order valence-electron chi connectivity index (χ1n) is 7.25. The Morgan fingerprint density at radius 1 is 1.00 bits per heavy atom. The molecule has 3 nitrogen and oxygen atoms in total. The molecule has 0 radical (unpaired) electrons. The first kappa shape index (κ1) is 15.3. The van der Waals surface area contributed by atoms with Gasteiger partial charge in [-0.1, -0.05) is 60.7 Å². The molecule has 1 atom stereocenters. The van der Waals surface area contributed by atoms with Gasteiger partial charge in [0.15, 0.2) is 0 Å². The Balaban J connectivity index is 1.84. The van der Waals surface area contributed by atoms with Crippen LogP contribution in [0.2, 0.25) is 0 Å². The smallest absolute Gasteiger partial charge is 0.239 e. The van der Waals surface area contributed by atoms with Gasteiger partial charge in [-0.2, -0.15) is 0 Å². The Labute approximate surface area is 126 Å². The number of nitrogens with zero attached hydrogens (tertiary/aromatic N) is 1. The van der Waals surface area contributed by atoms with Gasteiger partial charge in [-0.15, -0.1) is 0 Å². The fourth-order valence-corrected chi connectivity index (χ4v) is 2.31. The zero-order chi connectivity index (χ0) is 15.1. The number of carbonyl (C=O) groups excluding carboxylic acids is 1. The fraction of sp³-hybridized carbons (Fsp3) is 0.278. The molecule has 0 spiro atoms. The normalized spacial score (nSPS) is 11.9. The van der Waals surface area contributed by atoms with Crippen molar-refractivity contribution < 1.29 is 4.79 Å². The molecule has 2 N–H and O–H groups in total. The first-order valence-corrected chi connectivity index (χ1v) is 7.25. The van der Waals surface area contributed by atoms with E-state index in [4.69, 9.17) is 5.73 Å². The van der Waals surface area contributed by atoms with Crippen molar-refractivity contribution in [2.75, 3.05) is 7.05 Å². The highest BCUT2D eigenvalue weighted by Crippen LogP contribution is 2.08. The third kappa shape index (κ3) is 4.72. The Bertz CT molecular complexity index is 554. The van der Waals surface area contributed by atoms with E-state index in [9.17, 15) is 4.79 Å². The number of hydrogen-bond donors (Lipinski definition) is 1. The lowest BCUT2D eigenvalue weighted by atomic mass is 10.0. The molecule has 2 aromatic rings. The molecule has 2 rings (SSSR count). The first-order chi connectivity index (χ1) is 10.2. The lowest BCUT2D eigenvalue weighted by Gasteiger charge is -2.21. The van der Waals surface area contributed by atoms with Crippen LogP contribution in [0.25, 0.3) is 0 Å². The molecule has 0 fully saturated rings. The minimum Gasteiger partial charge on any atom is -0.340 e. The maximum absolute atomic E-state index is 12.3. The Hall–Kier alpha value is -2.13. The van der Waals surface area contributed by atoms with Crippen molar-refractivity contribution in [2.24, 2.45) is 5.73 Å². The summed E-state index contributed by atoms with van der Waals surface area (Å²) in [5, 5.41) is 0. The summed E-state index contributed by atoms with van der Waals surface area (Å²) in [4.78, 5) is 14.0. The molecule has 0 unspecified atom stereocenters. The number of amides is 1. The fourth-order valence-electron chi connectivity index (χ4n) is 2.31. The topological polar surface area (TPSA) is 46.3 Å². The van der Waals surface area contributed by atoms with Gasteiger partial charge in [0.2, 0.25) is 5.91 Å². The van der Waals surface area contributed by atoms with Crippen LogP contribution in [0.3, 0.4) is 0 Å². The van der Waals surface area contributed by atoms with Crippen LogP contribution in [-0.2, 0) is 17.8 Å². The maximum atomic E-state index is 12.3. The number of benzene rings is 2. The molecule has 0 bridgehead atoms. The Morgan fingerprint density at radius 2 is 1.52 bits per heavy atom. The van der Waals surface area contributed by atoms with E-state index in [1.165, 1.54) is 5.56 Å². The van der Waals surface area contributed by atoms with Crippen LogP contribution < -0.4 is 5.73 Å². The van der Waals surface area contributed by atoms with Gasteiger partial charge < -0.3 is 10.6 Å². The summed E-state index contributed by atoms with van der Waals surface area (Å²) in [6, 6.07) is 19.6. The summed E-state index contributed by atoms with van der Waals surface area (Å²) in [5.41, 5.74) is 8.36. The van der Waals surface area contributed by atoms with Crippen molar-refractivity contribution in [2.45, 2.75) is 25.4 Å². The second-order valence-corrected chi connectivity index (χ2v) is 5.31. The van der Waals surface area contributed by atoms with Crippen molar-refractivity contribution in [3.63, 3.8) is 0 Å². The number of likely N-dealkylation sites (N-methyl/N-ethyl adjacent to an activating group) is 1. The van der Waals surface area contributed by atoms with Crippen LogP contribution >= 0.6 is 0 Å². The third-order valence-electron chi connectivity index (χ3n) is 3.54. The van der Waals surface area contributed by atoms with E-state index in [1.54, 1.807) is 11.9 Å². The van der Waals surface area contributed by atoms with Gasteiger partial charge in [0.25, 0.3) is 0 Å². The molecule has 0 aliphatic carbocycles. The van der Waals surface area contributed by atoms with Crippen LogP contribution in [0.5, 0.6) is 0 Å². The van der Waals surface area contributed by atoms with E-state index in [0.717, 1.165) is 12.0 Å². The van der Waals surface area contributed by atoms with Crippen LogP contribution in [0.1, 0.15) is 17.5 Å². The van der Waals surface area contributed by atoms with Gasteiger partial charge in [-0.05, 0) is 24.0 Å². The summed E-state index contributed by atoms with van der Waals surface area (Å²) in [6.45, 7) is 0.596. The van der Waals surface area contributed by atoms with Gasteiger partial charge in [0.05, 0.1) is 6.04 Å². The van der Waals surface area contributed by atoms with Crippen molar-refractivity contribution in [1.29, 1.82) is 0 Å². The van der Waals surface area contributed by atoms with Crippen molar-refractivity contribution in [1.82, 2.24) is 4.90 Å². The third-order valence-corrected chi connectivity index (χ3v) is 3.54. The zero-order valence-electron chi connectivity index (χ0n) is 12.4. The van der Waals surface area contributed by atoms with Crippen molar-refractivity contribution >= 4 is 5.91 Å². The molecular weight excluding hydrogens is 260 g/mol. The number of rotatable bonds is 6. The summed E-state index contributed by atoms with van der Waals surface area (Å²) in [6.07, 6.45) is 1.49. The maximum Gasteiger partial charge on any atom is 0.239 e. The quantitative estimate of drug-likeness (QED) is 0.885. The number of hydrogen-bond acceptors (Lipinski definition) is 2. The molecular formula is C18H22N2O. The van der Waals surface area contributed by atoms with Crippen molar-refractivity contribution in [3.05, 3.63) is 71.8 Å². The number of nitrogens with two attached hydrogens (primary N) is 1. The highest BCUT2D eigenvalue weighted by molar-refractivity contribution is 5.81. The molecule has 0 aliphatic heterocycles.